The van der Waals surface area contributed by atoms with Crippen LogP contribution in [0.4, 0.5) is 14.5 Å². The Morgan fingerprint density at radius 3 is 2.33 bits per heavy atom. The molecule has 2 bridgehead atoms. The molecule has 5 rings (SSSR count). The summed E-state index contributed by atoms with van der Waals surface area (Å²) in [7, 11) is -4.06. The van der Waals surface area contributed by atoms with Gasteiger partial charge in [-0.2, -0.15) is 0 Å². The minimum atomic E-state index is -4.06. The van der Waals surface area contributed by atoms with Crippen molar-refractivity contribution in [1.29, 1.82) is 0 Å². The molecule has 3 atom stereocenters. The molecule has 1 aromatic heterocycles. The normalized spacial score (nSPS) is 24.8. The maximum atomic E-state index is 13.9. The average Bonchev–Trinajstić information content (AvgIpc) is 3.10. The molecule has 1 amide bonds. The predicted octanol–water partition coefficient (Wildman–Crippen LogP) is 5.99. The number of nitrogens with zero attached hydrogens (tertiary/aromatic N) is 1. The van der Waals surface area contributed by atoms with Crippen LogP contribution < -0.4 is 5.32 Å². The van der Waals surface area contributed by atoms with Crippen molar-refractivity contribution in [1.82, 2.24) is 4.98 Å². The van der Waals surface area contributed by atoms with E-state index in [0.29, 0.717) is 18.5 Å². The molecule has 42 heavy (non-hydrogen) atoms. The van der Waals surface area contributed by atoms with Crippen molar-refractivity contribution in [2.24, 2.45) is 11.8 Å². The first-order valence-electron chi connectivity index (χ1n) is 13.8. The SMILES string of the molecule is CC(C)(C)c1cccc(C(O)C2(O)C3CCC2CC(S(=O)(=O)c2cc(C(=O)Nc4ccc(F)c(F)c4)ccc2Cl)C3)n1. The molecule has 2 saturated carbocycles. The van der Waals surface area contributed by atoms with Crippen molar-refractivity contribution in [2.75, 3.05) is 5.32 Å². The fraction of sp³-hybridized carbons (Fsp3) is 0.419. The zero-order valence-electron chi connectivity index (χ0n) is 23.4. The quantitative estimate of drug-likeness (QED) is 0.312. The second kappa shape index (κ2) is 11.0. The molecular weight excluding hydrogens is 586 g/mol. The van der Waals surface area contributed by atoms with E-state index < -0.39 is 56.2 Å². The van der Waals surface area contributed by atoms with Crippen LogP contribution in [0.3, 0.4) is 0 Å². The Balaban J connectivity index is 1.38. The molecule has 0 saturated heterocycles. The first kappa shape index (κ1) is 30.5. The van der Waals surface area contributed by atoms with E-state index in [4.69, 9.17) is 11.6 Å². The molecule has 1 heterocycles. The highest BCUT2D eigenvalue weighted by atomic mass is 35.5. The summed E-state index contributed by atoms with van der Waals surface area (Å²) >= 11 is 6.33. The Morgan fingerprint density at radius 2 is 1.71 bits per heavy atom. The number of sulfone groups is 1. The zero-order valence-corrected chi connectivity index (χ0v) is 25.0. The molecule has 11 heteroatoms. The molecule has 2 fully saturated rings. The topological polar surface area (TPSA) is 117 Å². The van der Waals surface area contributed by atoms with Crippen LogP contribution in [0.1, 0.15) is 74.3 Å². The first-order chi connectivity index (χ1) is 19.6. The molecule has 2 aliphatic carbocycles. The predicted molar refractivity (Wildman–Crippen MR) is 155 cm³/mol. The molecule has 3 N–H and O–H groups in total. The minimum absolute atomic E-state index is 0.00230. The van der Waals surface area contributed by atoms with E-state index in [0.717, 1.165) is 17.8 Å². The van der Waals surface area contributed by atoms with Crippen LogP contribution >= 0.6 is 11.6 Å². The fourth-order valence-electron chi connectivity index (χ4n) is 6.32. The minimum Gasteiger partial charge on any atom is -0.386 e. The number of halogens is 3. The lowest BCUT2D eigenvalue weighted by atomic mass is 9.70. The van der Waals surface area contributed by atoms with Crippen molar-refractivity contribution in [3.8, 4) is 0 Å². The highest BCUT2D eigenvalue weighted by Gasteiger charge is 2.59. The number of anilines is 1. The van der Waals surface area contributed by atoms with Crippen molar-refractivity contribution >= 4 is 33.0 Å². The third-order valence-electron chi connectivity index (χ3n) is 8.64. The molecule has 7 nitrogen and oxygen atoms in total. The molecule has 3 unspecified atom stereocenters. The first-order valence-corrected chi connectivity index (χ1v) is 15.7. The molecule has 2 aromatic carbocycles. The van der Waals surface area contributed by atoms with Gasteiger partial charge in [0.05, 0.1) is 20.9 Å². The van der Waals surface area contributed by atoms with Gasteiger partial charge in [0.25, 0.3) is 5.91 Å². The van der Waals surface area contributed by atoms with Crippen LogP contribution in [0.15, 0.2) is 59.5 Å². The highest BCUT2D eigenvalue weighted by molar-refractivity contribution is 7.92. The summed E-state index contributed by atoms with van der Waals surface area (Å²) in [5.74, 6) is -3.92. The number of pyridine rings is 1. The van der Waals surface area contributed by atoms with E-state index in [1.165, 1.54) is 24.3 Å². The summed E-state index contributed by atoms with van der Waals surface area (Å²) in [4.78, 5) is 17.2. The smallest absolute Gasteiger partial charge is 0.255 e. The van der Waals surface area contributed by atoms with Crippen LogP contribution in [0, 0.1) is 23.5 Å². The lowest BCUT2D eigenvalue weighted by molar-refractivity contribution is -0.145. The van der Waals surface area contributed by atoms with Crippen LogP contribution in [-0.2, 0) is 15.3 Å². The Bertz CT molecular complexity index is 1630. The van der Waals surface area contributed by atoms with E-state index in [1.807, 2.05) is 26.8 Å². The van der Waals surface area contributed by atoms with Crippen LogP contribution in [0.5, 0.6) is 0 Å². The van der Waals surface area contributed by atoms with Gasteiger partial charge < -0.3 is 15.5 Å². The van der Waals surface area contributed by atoms with Gasteiger partial charge in [-0.15, -0.1) is 0 Å². The lowest BCUT2D eigenvalue weighted by Gasteiger charge is -2.45. The summed E-state index contributed by atoms with van der Waals surface area (Å²) in [6.45, 7) is 6.02. The zero-order chi connectivity index (χ0) is 30.6. The Labute approximate surface area is 248 Å². The van der Waals surface area contributed by atoms with Crippen molar-refractivity contribution in [2.45, 2.75) is 73.7 Å². The van der Waals surface area contributed by atoms with Gasteiger partial charge in [0.2, 0.25) is 0 Å². The summed E-state index contributed by atoms with van der Waals surface area (Å²) in [6.07, 6.45) is 0.0223. The molecule has 224 valence electrons. The van der Waals surface area contributed by atoms with E-state index >= 15 is 0 Å². The Morgan fingerprint density at radius 1 is 1.05 bits per heavy atom. The number of rotatable bonds is 6. The van der Waals surface area contributed by atoms with Crippen LogP contribution in [0.2, 0.25) is 5.02 Å². The number of aromatic nitrogens is 1. The van der Waals surface area contributed by atoms with Gasteiger partial charge in [0, 0.05) is 28.4 Å². The number of aliphatic hydroxyl groups excluding tert-OH is 1. The third kappa shape index (κ3) is 5.45. The van der Waals surface area contributed by atoms with Crippen molar-refractivity contribution in [3.63, 3.8) is 0 Å². The molecule has 0 spiro atoms. The summed E-state index contributed by atoms with van der Waals surface area (Å²) in [5, 5.41) is 24.8. The maximum absolute atomic E-state index is 13.9. The van der Waals surface area contributed by atoms with Crippen LogP contribution in [0.25, 0.3) is 0 Å². The maximum Gasteiger partial charge on any atom is 0.255 e. The number of hydrogen-bond donors (Lipinski definition) is 3. The second-order valence-electron chi connectivity index (χ2n) is 12.3. The largest absolute Gasteiger partial charge is 0.386 e. The van der Waals surface area contributed by atoms with E-state index in [-0.39, 0.29) is 39.4 Å². The van der Waals surface area contributed by atoms with Gasteiger partial charge in [-0.25, -0.2) is 17.2 Å². The summed E-state index contributed by atoms with van der Waals surface area (Å²) in [5.41, 5.74) is -0.699. The van der Waals surface area contributed by atoms with E-state index in [2.05, 4.69) is 10.3 Å². The summed E-state index contributed by atoms with van der Waals surface area (Å²) in [6, 6.07) is 12.0. The van der Waals surface area contributed by atoms with Gasteiger partial charge >= 0.3 is 0 Å². The number of hydrogen-bond acceptors (Lipinski definition) is 6. The number of benzene rings is 2. The fourth-order valence-corrected chi connectivity index (χ4v) is 8.72. The van der Waals surface area contributed by atoms with E-state index in [1.54, 1.807) is 12.1 Å². The Kier molecular flexibility index (Phi) is 7.98. The molecule has 0 radical (unpaired) electrons. The molecule has 0 aliphatic heterocycles. The van der Waals surface area contributed by atoms with Crippen molar-refractivity contribution in [3.05, 3.63) is 88.2 Å². The number of amides is 1. The lowest BCUT2D eigenvalue weighted by Crippen LogP contribution is -2.52. The van der Waals surface area contributed by atoms with Crippen LogP contribution in [-0.4, -0.2) is 40.4 Å². The molecular formula is C31H33ClF2N2O5S. The Hall–Kier alpha value is -2.92. The van der Waals surface area contributed by atoms with Gasteiger partial charge in [-0.3, -0.25) is 9.78 Å². The highest BCUT2D eigenvalue weighted by Crippen LogP contribution is 2.56. The van der Waals surface area contributed by atoms with E-state index in [9.17, 15) is 32.2 Å². The number of aliphatic hydroxyl groups is 2. The standard InChI is InChI=1S/C31H33ClF2N2O5S/c1-30(2,3)27-6-4-5-25(36-27)28(37)31(39)18-8-9-19(31)15-21(14-18)42(40,41)26-13-17(7-11-22(26)32)29(38)35-20-10-12-23(33)24(34)16-20/h4-7,10-13,16,18-19,21,28,37,39H,8-9,14-15H2,1-3H3,(H,35,38). The third-order valence-corrected chi connectivity index (χ3v) is 11.3. The molecule has 2 aliphatic rings. The number of carbonyl (C=O) groups is 1. The monoisotopic (exact) mass is 618 g/mol. The number of fused-ring (bicyclic) bond motifs is 2. The van der Waals surface area contributed by atoms with Gasteiger partial charge in [0.1, 0.15) is 11.7 Å². The van der Waals surface area contributed by atoms with Gasteiger partial charge in [0.15, 0.2) is 21.5 Å². The average molecular weight is 619 g/mol. The van der Waals surface area contributed by atoms with Crippen molar-refractivity contribution < 1.29 is 32.2 Å². The second-order valence-corrected chi connectivity index (χ2v) is 14.9. The number of nitrogens with one attached hydrogen (secondary N) is 1. The molecule has 3 aromatic rings. The van der Waals surface area contributed by atoms with Gasteiger partial charge in [-0.1, -0.05) is 38.4 Å². The number of carbonyl (C=O) groups excluding carboxylic acids is 1. The summed E-state index contributed by atoms with van der Waals surface area (Å²) < 4.78 is 54.6. The van der Waals surface area contributed by atoms with Gasteiger partial charge in [-0.05, 0) is 80.0 Å².